The minimum Gasteiger partial charge on any atom is -0.258 e. The predicted molar refractivity (Wildman–Crippen MR) is 77.1 cm³/mol. The van der Waals surface area contributed by atoms with Crippen molar-refractivity contribution >= 4 is 31.5 Å². The smallest absolute Gasteiger partial charge is 0.258 e. The third-order valence-electron chi connectivity index (χ3n) is 2.65. The molecule has 0 N–H and O–H groups in total. The van der Waals surface area contributed by atoms with E-state index in [1.807, 2.05) is 0 Å². The summed E-state index contributed by atoms with van der Waals surface area (Å²) in [4.78, 5) is 14.0. The van der Waals surface area contributed by atoms with Gasteiger partial charge in [0.1, 0.15) is 5.82 Å². The summed E-state index contributed by atoms with van der Waals surface area (Å²) in [6.45, 7) is 0. The van der Waals surface area contributed by atoms with Gasteiger partial charge in [-0.05, 0) is 34.1 Å². The maximum atomic E-state index is 14.1. The summed E-state index contributed by atoms with van der Waals surface area (Å²) in [7, 11) is -3.56. The highest BCUT2D eigenvalue weighted by Gasteiger charge is 2.21. The Kier molecular flexibility index (Phi) is 4.06. The van der Waals surface area contributed by atoms with E-state index < -0.39 is 20.6 Å². The molecule has 0 spiro atoms. The zero-order valence-corrected chi connectivity index (χ0v) is 13.0. The molecule has 0 fully saturated rings. The van der Waals surface area contributed by atoms with Crippen LogP contribution in [0.1, 0.15) is 0 Å². The molecular weight excluding hydrogens is 367 g/mol. The number of aromatic nitrogens is 1. The lowest BCUT2D eigenvalue weighted by molar-refractivity contribution is -0.384. The lowest BCUT2D eigenvalue weighted by Gasteiger charge is -2.06. The standard InChI is InChI=1S/C12H8BrFN2O4S/c1-21(19,20)8-2-3-9(10(14)5-8)12-11(16(17)18)4-7(13)6-15-12/h2-6H,1H3. The Morgan fingerprint density at radius 2 is 2.00 bits per heavy atom. The van der Waals surface area contributed by atoms with Crippen molar-refractivity contribution in [1.82, 2.24) is 4.98 Å². The second-order valence-corrected chi connectivity index (χ2v) is 7.12. The molecule has 21 heavy (non-hydrogen) atoms. The van der Waals surface area contributed by atoms with E-state index in [0.29, 0.717) is 4.47 Å². The van der Waals surface area contributed by atoms with Crippen molar-refractivity contribution in [3.05, 3.63) is 50.9 Å². The van der Waals surface area contributed by atoms with E-state index in [9.17, 15) is 22.9 Å². The fraction of sp³-hybridized carbons (Fsp3) is 0.0833. The number of halogens is 2. The van der Waals surface area contributed by atoms with Crippen molar-refractivity contribution in [2.24, 2.45) is 0 Å². The molecule has 2 rings (SSSR count). The Hall–Kier alpha value is -1.87. The quantitative estimate of drug-likeness (QED) is 0.608. The van der Waals surface area contributed by atoms with Crippen LogP contribution in [0.4, 0.5) is 10.1 Å². The maximum Gasteiger partial charge on any atom is 0.296 e. The lowest BCUT2D eigenvalue weighted by Crippen LogP contribution is -2.00. The maximum absolute atomic E-state index is 14.1. The lowest BCUT2D eigenvalue weighted by atomic mass is 10.1. The average Bonchev–Trinajstić information content (AvgIpc) is 2.38. The van der Waals surface area contributed by atoms with Gasteiger partial charge in [0.25, 0.3) is 5.69 Å². The van der Waals surface area contributed by atoms with Crippen molar-refractivity contribution in [2.75, 3.05) is 6.26 Å². The van der Waals surface area contributed by atoms with Crippen LogP contribution in [0.15, 0.2) is 39.8 Å². The van der Waals surface area contributed by atoms with E-state index in [0.717, 1.165) is 18.4 Å². The zero-order chi connectivity index (χ0) is 15.8. The number of sulfone groups is 1. The van der Waals surface area contributed by atoms with E-state index in [1.165, 1.54) is 18.3 Å². The van der Waals surface area contributed by atoms with Crippen LogP contribution in [0, 0.1) is 15.9 Å². The monoisotopic (exact) mass is 374 g/mol. The zero-order valence-electron chi connectivity index (χ0n) is 10.6. The van der Waals surface area contributed by atoms with Gasteiger partial charge in [0.15, 0.2) is 15.5 Å². The number of benzene rings is 1. The Balaban J connectivity index is 2.66. The predicted octanol–water partition coefficient (Wildman–Crippen LogP) is 2.96. The molecule has 9 heteroatoms. The molecule has 0 amide bonds. The first-order valence-corrected chi connectivity index (χ1v) is 8.18. The fourth-order valence-corrected chi connectivity index (χ4v) is 2.65. The normalized spacial score (nSPS) is 11.4. The van der Waals surface area contributed by atoms with Crippen LogP contribution in [-0.4, -0.2) is 24.6 Å². The first kappa shape index (κ1) is 15.5. The van der Waals surface area contributed by atoms with Gasteiger partial charge < -0.3 is 0 Å². The van der Waals surface area contributed by atoms with Crippen LogP contribution in [0.25, 0.3) is 11.3 Å². The molecule has 0 aliphatic heterocycles. The average molecular weight is 375 g/mol. The fourth-order valence-electron chi connectivity index (χ4n) is 1.69. The Morgan fingerprint density at radius 1 is 1.33 bits per heavy atom. The van der Waals surface area contributed by atoms with Crippen molar-refractivity contribution < 1.29 is 17.7 Å². The van der Waals surface area contributed by atoms with E-state index in [2.05, 4.69) is 20.9 Å². The minimum atomic E-state index is -3.56. The molecule has 1 heterocycles. The summed E-state index contributed by atoms with van der Waals surface area (Å²) in [6.07, 6.45) is 2.24. The largest absolute Gasteiger partial charge is 0.296 e. The van der Waals surface area contributed by atoms with E-state index in [-0.39, 0.29) is 21.8 Å². The summed E-state index contributed by atoms with van der Waals surface area (Å²) in [6, 6.07) is 4.36. The van der Waals surface area contributed by atoms with E-state index in [4.69, 9.17) is 0 Å². The summed E-state index contributed by atoms with van der Waals surface area (Å²) in [5.74, 6) is -0.893. The first-order valence-electron chi connectivity index (χ1n) is 5.50. The van der Waals surface area contributed by atoms with Gasteiger partial charge in [0.2, 0.25) is 0 Å². The van der Waals surface area contributed by atoms with Crippen LogP contribution in [0.3, 0.4) is 0 Å². The second kappa shape index (κ2) is 5.49. The van der Waals surface area contributed by atoms with Crippen molar-refractivity contribution in [2.45, 2.75) is 4.90 Å². The van der Waals surface area contributed by atoms with Gasteiger partial charge in [0, 0.05) is 28.6 Å². The van der Waals surface area contributed by atoms with Gasteiger partial charge in [-0.25, -0.2) is 17.8 Å². The van der Waals surface area contributed by atoms with E-state index in [1.54, 1.807) is 0 Å². The van der Waals surface area contributed by atoms with Gasteiger partial charge >= 0.3 is 0 Å². The number of nitro groups is 1. The molecule has 0 aliphatic rings. The summed E-state index contributed by atoms with van der Waals surface area (Å²) in [5, 5.41) is 11.0. The number of nitrogens with zero attached hydrogens (tertiary/aromatic N) is 2. The van der Waals surface area contributed by atoms with Crippen molar-refractivity contribution in [3.63, 3.8) is 0 Å². The number of hydrogen-bond acceptors (Lipinski definition) is 5. The molecule has 6 nitrogen and oxygen atoms in total. The third-order valence-corrected chi connectivity index (χ3v) is 4.20. The molecule has 110 valence electrons. The molecule has 0 aliphatic carbocycles. The van der Waals surface area contributed by atoms with Gasteiger partial charge in [0.05, 0.1) is 9.82 Å². The third kappa shape index (κ3) is 3.24. The van der Waals surface area contributed by atoms with Crippen LogP contribution in [-0.2, 0) is 9.84 Å². The summed E-state index contributed by atoms with van der Waals surface area (Å²) in [5.41, 5.74) is -0.683. The molecule has 1 aromatic carbocycles. The van der Waals surface area contributed by atoms with Crippen molar-refractivity contribution in [3.8, 4) is 11.3 Å². The molecule has 0 atom stereocenters. The van der Waals surface area contributed by atoms with Crippen LogP contribution in [0.5, 0.6) is 0 Å². The molecule has 0 radical (unpaired) electrons. The summed E-state index contributed by atoms with van der Waals surface area (Å²) < 4.78 is 37.2. The minimum absolute atomic E-state index is 0.137. The SMILES string of the molecule is CS(=O)(=O)c1ccc(-c2ncc(Br)cc2[N+](=O)[O-])c(F)c1. The highest BCUT2D eigenvalue weighted by atomic mass is 79.9. The van der Waals surface area contributed by atoms with Gasteiger partial charge in [-0.3, -0.25) is 10.1 Å². The molecule has 0 saturated heterocycles. The van der Waals surface area contributed by atoms with Crippen LogP contribution >= 0.6 is 15.9 Å². The van der Waals surface area contributed by atoms with Crippen molar-refractivity contribution in [1.29, 1.82) is 0 Å². The van der Waals surface area contributed by atoms with E-state index >= 15 is 0 Å². The molecule has 0 saturated carbocycles. The highest BCUT2D eigenvalue weighted by molar-refractivity contribution is 9.10. The number of hydrogen-bond donors (Lipinski definition) is 0. The number of pyridine rings is 1. The Bertz CT molecular complexity index is 839. The Morgan fingerprint density at radius 3 is 2.52 bits per heavy atom. The molecule has 1 aromatic heterocycles. The molecule has 2 aromatic rings. The van der Waals surface area contributed by atoms with Gasteiger partial charge in [-0.2, -0.15) is 0 Å². The molecular formula is C12H8BrFN2O4S. The van der Waals surface area contributed by atoms with Crippen LogP contribution in [0.2, 0.25) is 0 Å². The second-order valence-electron chi connectivity index (χ2n) is 4.19. The van der Waals surface area contributed by atoms with Crippen LogP contribution < -0.4 is 0 Å². The Labute approximate surface area is 127 Å². The number of rotatable bonds is 3. The highest BCUT2D eigenvalue weighted by Crippen LogP contribution is 2.32. The van der Waals surface area contributed by atoms with Gasteiger partial charge in [-0.1, -0.05) is 0 Å². The van der Waals surface area contributed by atoms with Gasteiger partial charge in [-0.15, -0.1) is 0 Å². The first-order chi connectivity index (χ1) is 9.70. The topological polar surface area (TPSA) is 90.2 Å². The molecule has 0 bridgehead atoms. The summed E-state index contributed by atoms with van der Waals surface area (Å²) >= 11 is 3.05. The molecule has 0 unspecified atom stereocenters.